The molecule has 6 nitrogen and oxygen atoms in total. The Bertz CT molecular complexity index is 824. The molecule has 1 unspecified atom stereocenters. The van der Waals surface area contributed by atoms with Crippen LogP contribution in [0.1, 0.15) is 50.2 Å². The van der Waals surface area contributed by atoms with E-state index in [0.717, 1.165) is 19.3 Å². The zero-order valence-corrected chi connectivity index (χ0v) is 14.2. The summed E-state index contributed by atoms with van der Waals surface area (Å²) in [6, 6.07) is 4.86. The van der Waals surface area contributed by atoms with Crippen molar-refractivity contribution in [1.29, 1.82) is 0 Å². The van der Waals surface area contributed by atoms with Crippen molar-refractivity contribution in [3.05, 3.63) is 55.6 Å². The van der Waals surface area contributed by atoms with Gasteiger partial charge in [0.25, 0.3) is 17.4 Å². The van der Waals surface area contributed by atoms with E-state index in [9.17, 15) is 14.4 Å². The number of H-pyrrole nitrogens is 1. The smallest absolute Gasteiger partial charge is 0.279 e. The zero-order valence-electron chi connectivity index (χ0n) is 13.3. The predicted molar refractivity (Wildman–Crippen MR) is 92.1 cm³/mol. The number of rotatable bonds is 3. The minimum Gasteiger partial charge on any atom is -0.328 e. The van der Waals surface area contributed by atoms with E-state index in [2.05, 4.69) is 22.8 Å². The molecular weight excluding hydrogens is 326 g/mol. The number of aromatic nitrogens is 1. The lowest BCUT2D eigenvalue weighted by Gasteiger charge is -2.19. The first kappa shape index (κ1) is 16.4. The van der Waals surface area contributed by atoms with Gasteiger partial charge in [-0.3, -0.25) is 25.2 Å². The van der Waals surface area contributed by atoms with Gasteiger partial charge >= 0.3 is 0 Å². The number of carbonyl (C=O) groups is 2. The minimum absolute atomic E-state index is 0.0472. The van der Waals surface area contributed by atoms with Crippen molar-refractivity contribution in [2.24, 2.45) is 5.92 Å². The number of hydrazine groups is 1. The lowest BCUT2D eigenvalue weighted by Crippen LogP contribution is -2.43. The van der Waals surface area contributed by atoms with Gasteiger partial charge in [-0.05, 0) is 48.9 Å². The molecule has 0 saturated carbocycles. The second-order valence-corrected chi connectivity index (χ2v) is 7.03. The van der Waals surface area contributed by atoms with E-state index in [1.807, 2.05) is 6.07 Å². The molecule has 1 aliphatic rings. The Morgan fingerprint density at radius 3 is 2.88 bits per heavy atom. The van der Waals surface area contributed by atoms with Crippen LogP contribution in [0.2, 0.25) is 0 Å². The van der Waals surface area contributed by atoms with Crippen molar-refractivity contribution in [2.75, 3.05) is 0 Å². The molecule has 2 amide bonds. The molecule has 7 heteroatoms. The first-order valence-corrected chi connectivity index (χ1v) is 8.80. The van der Waals surface area contributed by atoms with E-state index in [1.54, 1.807) is 6.07 Å². The molecule has 0 aromatic carbocycles. The van der Waals surface area contributed by atoms with Crippen LogP contribution in [-0.2, 0) is 12.8 Å². The van der Waals surface area contributed by atoms with Crippen molar-refractivity contribution in [3.63, 3.8) is 0 Å². The summed E-state index contributed by atoms with van der Waals surface area (Å²) in [4.78, 5) is 40.0. The number of nitrogens with one attached hydrogen (secondary N) is 3. The highest BCUT2D eigenvalue weighted by molar-refractivity contribution is 7.14. The van der Waals surface area contributed by atoms with Gasteiger partial charge < -0.3 is 4.98 Å². The lowest BCUT2D eigenvalue weighted by atomic mass is 9.87. The monoisotopic (exact) mass is 345 g/mol. The molecule has 0 bridgehead atoms. The van der Waals surface area contributed by atoms with Crippen molar-refractivity contribution in [1.82, 2.24) is 15.8 Å². The van der Waals surface area contributed by atoms with Crippen LogP contribution < -0.4 is 16.4 Å². The van der Waals surface area contributed by atoms with E-state index >= 15 is 0 Å². The molecule has 0 fully saturated rings. The number of fused-ring (bicyclic) bond motifs is 1. The highest BCUT2D eigenvalue weighted by Gasteiger charge is 2.22. The van der Waals surface area contributed by atoms with Crippen LogP contribution >= 0.6 is 11.3 Å². The third-order valence-corrected chi connectivity index (χ3v) is 5.57. The van der Waals surface area contributed by atoms with Gasteiger partial charge in [-0.1, -0.05) is 13.3 Å². The summed E-state index contributed by atoms with van der Waals surface area (Å²) in [7, 11) is 0. The van der Waals surface area contributed by atoms with Crippen molar-refractivity contribution in [3.8, 4) is 0 Å². The normalized spacial score (nSPS) is 16.3. The van der Waals surface area contributed by atoms with E-state index in [1.165, 1.54) is 40.5 Å². The van der Waals surface area contributed by atoms with Gasteiger partial charge in [0.05, 0.1) is 4.88 Å². The van der Waals surface area contributed by atoms with E-state index in [4.69, 9.17) is 0 Å². The summed E-state index contributed by atoms with van der Waals surface area (Å²) in [6.45, 7) is 2.19. The second-order valence-electron chi connectivity index (χ2n) is 5.90. The molecule has 3 rings (SSSR count). The topological polar surface area (TPSA) is 91.1 Å². The highest BCUT2D eigenvalue weighted by atomic mass is 32.1. The van der Waals surface area contributed by atoms with E-state index in [0.29, 0.717) is 10.8 Å². The van der Waals surface area contributed by atoms with Gasteiger partial charge in [-0.25, -0.2) is 0 Å². The van der Waals surface area contributed by atoms with Gasteiger partial charge in [0.1, 0.15) is 5.56 Å². The first-order chi connectivity index (χ1) is 11.6. The Labute approximate surface area is 143 Å². The molecule has 1 aliphatic carbocycles. The maximum atomic E-state index is 12.2. The first-order valence-electron chi connectivity index (χ1n) is 7.98. The third-order valence-electron chi connectivity index (χ3n) is 4.34. The van der Waals surface area contributed by atoms with Crippen molar-refractivity contribution < 1.29 is 9.59 Å². The number of thiophene rings is 1. The molecular formula is C17H19N3O3S. The quantitative estimate of drug-likeness (QED) is 0.743. The van der Waals surface area contributed by atoms with Gasteiger partial charge in [0, 0.05) is 11.1 Å². The molecule has 126 valence electrons. The van der Waals surface area contributed by atoms with Crippen molar-refractivity contribution in [2.45, 2.75) is 32.6 Å². The Hall–Kier alpha value is -2.41. The summed E-state index contributed by atoms with van der Waals surface area (Å²) < 4.78 is 0. The Morgan fingerprint density at radius 2 is 2.12 bits per heavy atom. The number of carbonyl (C=O) groups excluding carboxylic acids is 2. The number of aromatic amines is 1. The highest BCUT2D eigenvalue weighted by Crippen LogP contribution is 2.33. The number of amides is 2. The van der Waals surface area contributed by atoms with Crippen LogP contribution in [0.5, 0.6) is 0 Å². The molecule has 2 aromatic rings. The fourth-order valence-corrected chi connectivity index (χ4v) is 4.01. The number of aryl methyl sites for hydroxylation is 1. The van der Waals surface area contributed by atoms with Crippen LogP contribution in [0.3, 0.4) is 0 Å². The van der Waals surface area contributed by atoms with Crippen LogP contribution in [0.4, 0.5) is 0 Å². The molecule has 0 saturated heterocycles. The molecule has 24 heavy (non-hydrogen) atoms. The summed E-state index contributed by atoms with van der Waals surface area (Å²) in [5, 5.41) is 0. The Balaban J connectivity index is 1.64. The lowest BCUT2D eigenvalue weighted by molar-refractivity contribution is 0.0848. The van der Waals surface area contributed by atoms with Crippen LogP contribution in [-0.4, -0.2) is 16.8 Å². The largest absolute Gasteiger partial charge is 0.328 e. The van der Waals surface area contributed by atoms with Gasteiger partial charge in [0.2, 0.25) is 0 Å². The summed E-state index contributed by atoms with van der Waals surface area (Å²) >= 11 is 1.48. The third kappa shape index (κ3) is 3.41. The number of hydrogen-bond acceptors (Lipinski definition) is 4. The number of hydrogen-bond donors (Lipinski definition) is 3. The molecule has 2 aromatic heterocycles. The van der Waals surface area contributed by atoms with Gasteiger partial charge in [0.15, 0.2) is 0 Å². The molecule has 0 radical (unpaired) electrons. The van der Waals surface area contributed by atoms with E-state index in [-0.39, 0.29) is 11.5 Å². The van der Waals surface area contributed by atoms with Gasteiger partial charge in [-0.2, -0.15) is 0 Å². The second kappa shape index (κ2) is 7.00. The van der Waals surface area contributed by atoms with Crippen LogP contribution in [0, 0.1) is 5.92 Å². The van der Waals surface area contributed by atoms with Crippen molar-refractivity contribution >= 4 is 23.2 Å². The summed E-state index contributed by atoms with van der Waals surface area (Å²) in [5.41, 5.74) is 5.36. The maximum Gasteiger partial charge on any atom is 0.279 e. The summed E-state index contributed by atoms with van der Waals surface area (Å²) in [5.74, 6) is -0.312. The average Bonchev–Trinajstić information content (AvgIpc) is 3.02. The molecule has 1 atom stereocenters. The molecule has 2 heterocycles. The fourth-order valence-electron chi connectivity index (χ4n) is 2.90. The fraction of sp³-hybridized carbons (Fsp3) is 0.353. The summed E-state index contributed by atoms with van der Waals surface area (Å²) in [6.07, 6.45) is 5.79. The van der Waals surface area contributed by atoms with Crippen LogP contribution in [0.25, 0.3) is 0 Å². The Morgan fingerprint density at radius 1 is 1.33 bits per heavy atom. The zero-order chi connectivity index (χ0) is 17.1. The molecule has 0 spiro atoms. The number of pyridine rings is 1. The molecule has 3 N–H and O–H groups in total. The van der Waals surface area contributed by atoms with Gasteiger partial charge in [-0.15, -0.1) is 11.3 Å². The SMILES string of the molecule is CCC1CCc2sc(C(=O)NNC(=O)c3ccc[nH]c3=O)cc2C1. The standard InChI is InChI=1S/C17H19N3O3S/c1-2-10-5-6-13-11(8-10)9-14(24-13)17(23)20-19-16(22)12-4-3-7-18-15(12)21/h3-4,7,9-10H,2,5-6,8H2,1H3,(H,18,21)(H,19,22)(H,20,23). The Kier molecular flexibility index (Phi) is 4.80. The van der Waals surface area contributed by atoms with E-state index < -0.39 is 11.5 Å². The average molecular weight is 345 g/mol. The minimum atomic E-state index is -0.641. The molecule has 0 aliphatic heterocycles. The predicted octanol–water partition coefficient (Wildman–Crippen LogP) is 2.03. The van der Waals surface area contributed by atoms with Crippen LogP contribution in [0.15, 0.2) is 29.2 Å². The maximum absolute atomic E-state index is 12.2.